The molecule has 0 saturated carbocycles. The summed E-state index contributed by atoms with van der Waals surface area (Å²) in [5.74, 6) is -0.0798. The normalized spacial score (nSPS) is 25.7. The first-order valence-electron chi connectivity index (χ1n) is 8.32. The number of hydrogen-bond acceptors (Lipinski definition) is 4. The molecule has 0 radical (unpaired) electrons. The predicted octanol–water partition coefficient (Wildman–Crippen LogP) is 3.22. The zero-order chi connectivity index (χ0) is 17.8. The Morgan fingerprint density at radius 3 is 2.39 bits per heavy atom. The lowest BCUT2D eigenvalue weighted by Gasteiger charge is -2.39. The number of nitrogens with one attached hydrogen (secondary N) is 1. The third kappa shape index (κ3) is 6.37. The number of ether oxygens (including phenoxy) is 2. The summed E-state index contributed by atoms with van der Waals surface area (Å²) in [5.41, 5.74) is 0. The van der Waals surface area contributed by atoms with Crippen LogP contribution in [-0.2, 0) is 18.7 Å². The fourth-order valence-corrected chi connectivity index (χ4v) is 3.02. The molecule has 0 aromatic heterocycles. The van der Waals surface area contributed by atoms with E-state index in [2.05, 4.69) is 39.2 Å². The van der Waals surface area contributed by atoms with Gasteiger partial charge in [0.05, 0.1) is 18.8 Å². The molecule has 0 aromatic carbocycles. The second-order valence-corrected chi connectivity index (χ2v) is 12.7. The quantitative estimate of drug-likeness (QED) is 0.594. The van der Waals surface area contributed by atoms with Gasteiger partial charge in [0.2, 0.25) is 5.91 Å². The highest BCUT2D eigenvalue weighted by Gasteiger charge is 2.39. The first-order chi connectivity index (χ1) is 10.4. The van der Waals surface area contributed by atoms with Gasteiger partial charge in [-0.05, 0) is 38.1 Å². The minimum atomic E-state index is -1.87. The third-order valence-electron chi connectivity index (χ3n) is 4.38. The molecule has 0 aliphatic carbocycles. The Morgan fingerprint density at radius 2 is 1.91 bits per heavy atom. The van der Waals surface area contributed by atoms with E-state index in [4.69, 9.17) is 13.9 Å². The van der Waals surface area contributed by atoms with E-state index in [1.165, 1.54) is 6.92 Å². The average Bonchev–Trinajstić information content (AvgIpc) is 2.36. The van der Waals surface area contributed by atoms with Crippen LogP contribution < -0.4 is 5.32 Å². The molecule has 1 rings (SSSR count). The van der Waals surface area contributed by atoms with Crippen LogP contribution in [0.15, 0.2) is 12.2 Å². The van der Waals surface area contributed by atoms with Gasteiger partial charge >= 0.3 is 0 Å². The summed E-state index contributed by atoms with van der Waals surface area (Å²) in [6.07, 6.45) is 3.22. The van der Waals surface area contributed by atoms with E-state index < -0.39 is 14.6 Å². The van der Waals surface area contributed by atoms with Crippen molar-refractivity contribution in [3.8, 4) is 0 Å². The van der Waals surface area contributed by atoms with Crippen molar-refractivity contribution in [2.24, 2.45) is 0 Å². The molecule has 0 fully saturated rings. The molecule has 1 aliphatic heterocycles. The second-order valence-electron chi connectivity index (χ2n) is 7.91. The molecule has 0 unspecified atom stereocenters. The van der Waals surface area contributed by atoms with Crippen LogP contribution in [0.2, 0.25) is 18.1 Å². The topological polar surface area (TPSA) is 56.8 Å². The maximum atomic E-state index is 11.4. The molecule has 23 heavy (non-hydrogen) atoms. The van der Waals surface area contributed by atoms with Crippen molar-refractivity contribution in [1.82, 2.24) is 5.32 Å². The van der Waals surface area contributed by atoms with E-state index in [0.717, 1.165) is 0 Å². The molecule has 3 atom stereocenters. The van der Waals surface area contributed by atoms with Gasteiger partial charge in [-0.3, -0.25) is 4.79 Å². The van der Waals surface area contributed by atoms with Gasteiger partial charge in [0.1, 0.15) is 6.10 Å². The highest BCUT2D eigenvalue weighted by Crippen LogP contribution is 2.36. The molecule has 1 N–H and O–H groups in total. The molecular formula is C17H33NO4Si. The van der Waals surface area contributed by atoms with Crippen molar-refractivity contribution in [2.45, 2.75) is 84.2 Å². The van der Waals surface area contributed by atoms with Crippen molar-refractivity contribution in [1.29, 1.82) is 0 Å². The fourth-order valence-electron chi connectivity index (χ4n) is 2.01. The molecule has 134 valence electrons. The van der Waals surface area contributed by atoms with Gasteiger partial charge in [-0.15, -0.1) is 0 Å². The van der Waals surface area contributed by atoms with Crippen LogP contribution >= 0.6 is 0 Å². The Bertz CT molecular complexity index is 429. The highest BCUT2D eigenvalue weighted by molar-refractivity contribution is 6.74. The first kappa shape index (κ1) is 20.4. The Labute approximate surface area is 141 Å². The molecule has 6 heteroatoms. The van der Waals surface area contributed by atoms with Gasteiger partial charge in [-0.2, -0.15) is 0 Å². The van der Waals surface area contributed by atoms with Gasteiger partial charge in [-0.25, -0.2) is 0 Å². The zero-order valence-corrected chi connectivity index (χ0v) is 16.8. The summed E-state index contributed by atoms with van der Waals surface area (Å²) in [4.78, 5) is 11.4. The van der Waals surface area contributed by atoms with Crippen LogP contribution in [0.5, 0.6) is 0 Å². The monoisotopic (exact) mass is 343 g/mol. The number of hydrogen-bond donors (Lipinski definition) is 1. The number of amides is 1. The van der Waals surface area contributed by atoms with Gasteiger partial charge in [-0.1, -0.05) is 26.8 Å². The summed E-state index contributed by atoms with van der Waals surface area (Å²) in [5, 5.41) is 3.04. The summed E-state index contributed by atoms with van der Waals surface area (Å²) in [7, 11) is -1.87. The predicted molar refractivity (Wildman–Crippen MR) is 94.8 cm³/mol. The number of carbonyl (C=O) groups is 1. The number of carbonyl (C=O) groups excluding carboxylic acids is 1. The van der Waals surface area contributed by atoms with Gasteiger partial charge in [0.15, 0.2) is 14.6 Å². The van der Waals surface area contributed by atoms with Crippen LogP contribution in [0.1, 0.15) is 41.5 Å². The molecular weight excluding hydrogens is 310 g/mol. The Hall–Kier alpha value is -0.693. The van der Waals surface area contributed by atoms with E-state index in [1.807, 2.05) is 26.0 Å². The van der Waals surface area contributed by atoms with Crippen molar-refractivity contribution >= 4 is 14.2 Å². The van der Waals surface area contributed by atoms with Gasteiger partial charge < -0.3 is 19.2 Å². The fraction of sp³-hybridized carbons (Fsp3) is 0.824. The minimum absolute atomic E-state index is 0.0731. The van der Waals surface area contributed by atoms with E-state index in [9.17, 15) is 4.79 Å². The van der Waals surface area contributed by atoms with Crippen molar-refractivity contribution in [3.63, 3.8) is 0 Å². The lowest BCUT2D eigenvalue weighted by molar-refractivity contribution is -0.178. The van der Waals surface area contributed by atoms with Crippen molar-refractivity contribution in [2.75, 3.05) is 6.61 Å². The lowest BCUT2D eigenvalue weighted by Crippen LogP contribution is -2.51. The summed E-state index contributed by atoms with van der Waals surface area (Å²) < 4.78 is 18.0. The van der Waals surface area contributed by atoms with E-state index in [-0.39, 0.29) is 29.2 Å². The van der Waals surface area contributed by atoms with Crippen LogP contribution in [0, 0.1) is 0 Å². The molecule has 0 bridgehead atoms. The van der Waals surface area contributed by atoms with Crippen molar-refractivity contribution in [3.05, 3.63) is 12.2 Å². The smallest absolute Gasteiger partial charge is 0.217 e. The summed E-state index contributed by atoms with van der Waals surface area (Å²) in [6, 6.07) is -0.190. The molecule has 0 saturated heterocycles. The van der Waals surface area contributed by atoms with E-state index in [0.29, 0.717) is 6.61 Å². The molecule has 1 heterocycles. The highest BCUT2D eigenvalue weighted by atomic mass is 28.4. The SMILES string of the molecule is CC(=O)N[C@H]1C=C[C@@H](OC(C)C)O[C@@H]1CO[Si](C)(C)C(C)(C)C. The third-order valence-corrected chi connectivity index (χ3v) is 8.88. The molecule has 1 aliphatic rings. The molecule has 1 amide bonds. The number of rotatable bonds is 6. The summed E-state index contributed by atoms with van der Waals surface area (Å²) >= 11 is 0. The molecule has 5 nitrogen and oxygen atoms in total. The van der Waals surface area contributed by atoms with Crippen LogP contribution in [0.3, 0.4) is 0 Å². The van der Waals surface area contributed by atoms with Crippen LogP contribution in [0.25, 0.3) is 0 Å². The average molecular weight is 344 g/mol. The Kier molecular flexibility index (Phi) is 7.01. The maximum absolute atomic E-state index is 11.4. The lowest BCUT2D eigenvalue weighted by atomic mass is 10.1. The van der Waals surface area contributed by atoms with Gasteiger partial charge in [0, 0.05) is 6.92 Å². The summed E-state index contributed by atoms with van der Waals surface area (Å²) in [6.45, 7) is 16.9. The Morgan fingerprint density at radius 1 is 1.30 bits per heavy atom. The zero-order valence-electron chi connectivity index (χ0n) is 15.8. The van der Waals surface area contributed by atoms with Crippen molar-refractivity contribution < 1.29 is 18.7 Å². The largest absolute Gasteiger partial charge is 0.414 e. The van der Waals surface area contributed by atoms with E-state index >= 15 is 0 Å². The molecule has 0 spiro atoms. The standard InChI is InChI=1S/C17H33NO4Si/c1-12(2)21-16-10-9-14(18-13(3)19)15(22-16)11-20-23(7,8)17(4,5)6/h9-10,12,14-16H,11H2,1-8H3,(H,18,19)/t14-,15+,16-/m0/s1. The van der Waals surface area contributed by atoms with Gasteiger partial charge in [0.25, 0.3) is 0 Å². The van der Waals surface area contributed by atoms with Crippen LogP contribution in [0.4, 0.5) is 0 Å². The second kappa shape index (κ2) is 7.92. The minimum Gasteiger partial charge on any atom is -0.414 e. The molecule has 0 aromatic rings. The van der Waals surface area contributed by atoms with Crippen LogP contribution in [-0.4, -0.2) is 45.4 Å². The Balaban J connectivity index is 2.77. The first-order valence-corrected chi connectivity index (χ1v) is 11.2. The van der Waals surface area contributed by atoms with E-state index in [1.54, 1.807) is 0 Å². The maximum Gasteiger partial charge on any atom is 0.217 e.